The van der Waals surface area contributed by atoms with Crippen molar-refractivity contribution in [3.63, 3.8) is 0 Å². The van der Waals surface area contributed by atoms with Gasteiger partial charge in [-0.05, 0) is 77.3 Å². The minimum Gasteiger partial charge on any atom is -0.444 e. The lowest BCUT2D eigenvalue weighted by atomic mass is 9.80. The van der Waals surface area contributed by atoms with Crippen LogP contribution in [0.15, 0.2) is 35.3 Å². The van der Waals surface area contributed by atoms with E-state index in [4.69, 9.17) is 14.5 Å². The summed E-state index contributed by atoms with van der Waals surface area (Å²) < 4.78 is 13.0. The van der Waals surface area contributed by atoms with Crippen LogP contribution in [0.5, 0.6) is 0 Å². The Morgan fingerprint density at radius 2 is 1.78 bits per heavy atom. The Labute approximate surface area is 265 Å². The van der Waals surface area contributed by atoms with Gasteiger partial charge in [0.1, 0.15) is 16.8 Å². The Kier molecular flexibility index (Phi) is 8.83. The predicted molar refractivity (Wildman–Crippen MR) is 174 cm³/mol. The molecule has 11 nitrogen and oxygen atoms in total. The molecule has 1 aliphatic carbocycles. The topological polar surface area (TPSA) is 109 Å². The lowest BCUT2D eigenvalue weighted by Crippen LogP contribution is -2.56. The van der Waals surface area contributed by atoms with Crippen molar-refractivity contribution in [2.75, 3.05) is 61.1 Å². The van der Waals surface area contributed by atoms with Crippen LogP contribution in [0, 0.1) is 5.92 Å². The molecule has 0 bridgehead atoms. The minimum atomic E-state index is -0.922. The zero-order valence-electron chi connectivity index (χ0n) is 27.2. The fraction of sp³-hybridized carbons (Fsp3) is 0.647. The number of piperidine rings is 1. The van der Waals surface area contributed by atoms with Gasteiger partial charge >= 0.3 is 6.09 Å². The largest absolute Gasteiger partial charge is 0.444 e. The van der Waals surface area contributed by atoms with Crippen molar-refractivity contribution in [2.45, 2.75) is 82.8 Å². The molecule has 45 heavy (non-hydrogen) atoms. The standard InChI is InChI=1S/C34H48N6O5/c1-33(2,3)45-32(43)40(20-24-9-7-10-24)27-11-8-16-39(21-27)26-12-13-28(35-19-26)34(22-44-23-34)31(42)36-25-17-29(37(4)30(41)18-25)38-14-5-6-15-38/h12-13,17-19,24,27H,5-11,14-16,20-23H2,1-4H3,(H,36,42)/t27-/m1/s1. The second-order valence-corrected chi connectivity index (χ2v) is 14.3. The number of hydrogen-bond acceptors (Lipinski definition) is 8. The predicted octanol–water partition coefficient (Wildman–Crippen LogP) is 4.29. The van der Waals surface area contributed by atoms with E-state index in [1.165, 1.54) is 25.3 Å². The van der Waals surface area contributed by atoms with Gasteiger partial charge in [-0.3, -0.25) is 19.1 Å². The number of nitrogens with zero attached hydrogens (tertiary/aromatic N) is 5. The van der Waals surface area contributed by atoms with Crippen molar-refractivity contribution in [3.8, 4) is 0 Å². The van der Waals surface area contributed by atoms with Gasteiger partial charge in [0.05, 0.1) is 36.8 Å². The summed E-state index contributed by atoms with van der Waals surface area (Å²) in [7, 11) is 1.77. The summed E-state index contributed by atoms with van der Waals surface area (Å²) in [6.07, 6.45) is 9.26. The summed E-state index contributed by atoms with van der Waals surface area (Å²) in [6, 6.07) is 7.36. The molecule has 3 aliphatic heterocycles. The average molecular weight is 621 g/mol. The third-order valence-corrected chi connectivity index (χ3v) is 9.81. The lowest BCUT2D eigenvalue weighted by molar-refractivity contribution is -0.140. The fourth-order valence-corrected chi connectivity index (χ4v) is 6.84. The molecule has 244 valence electrons. The van der Waals surface area contributed by atoms with E-state index in [9.17, 15) is 14.4 Å². The van der Waals surface area contributed by atoms with E-state index in [0.717, 1.165) is 63.4 Å². The van der Waals surface area contributed by atoms with E-state index in [2.05, 4.69) is 15.1 Å². The van der Waals surface area contributed by atoms with Crippen molar-refractivity contribution in [1.29, 1.82) is 0 Å². The summed E-state index contributed by atoms with van der Waals surface area (Å²) in [5.41, 5.74) is 0.482. The van der Waals surface area contributed by atoms with E-state index in [0.29, 0.717) is 23.8 Å². The van der Waals surface area contributed by atoms with Crippen molar-refractivity contribution >= 4 is 29.2 Å². The molecule has 0 unspecified atom stereocenters. The number of rotatable bonds is 8. The summed E-state index contributed by atoms with van der Waals surface area (Å²) in [6.45, 7) is 10.3. The van der Waals surface area contributed by atoms with Gasteiger partial charge in [-0.25, -0.2) is 4.79 Å². The van der Waals surface area contributed by atoms with Crippen LogP contribution in [-0.2, 0) is 26.7 Å². The summed E-state index contributed by atoms with van der Waals surface area (Å²) in [5.74, 6) is 1.14. The molecule has 0 spiro atoms. The number of carbonyl (C=O) groups is 2. The van der Waals surface area contributed by atoms with E-state index in [1.807, 2.05) is 50.1 Å². The Morgan fingerprint density at radius 3 is 2.38 bits per heavy atom. The van der Waals surface area contributed by atoms with E-state index >= 15 is 0 Å². The van der Waals surface area contributed by atoms with Crippen molar-refractivity contribution in [1.82, 2.24) is 14.5 Å². The Morgan fingerprint density at radius 1 is 1.04 bits per heavy atom. The lowest BCUT2D eigenvalue weighted by Gasteiger charge is -2.43. The van der Waals surface area contributed by atoms with Crippen molar-refractivity contribution < 1.29 is 19.1 Å². The van der Waals surface area contributed by atoms with Crippen LogP contribution in [-0.4, -0.2) is 84.0 Å². The maximum absolute atomic E-state index is 13.7. The molecular weight excluding hydrogens is 572 g/mol. The van der Waals surface area contributed by atoms with Crippen LogP contribution in [0.25, 0.3) is 0 Å². The number of carbonyl (C=O) groups excluding carboxylic acids is 2. The zero-order chi connectivity index (χ0) is 31.8. The van der Waals surface area contributed by atoms with Gasteiger partial charge in [0.25, 0.3) is 5.56 Å². The smallest absolute Gasteiger partial charge is 0.410 e. The van der Waals surface area contributed by atoms with Crippen LogP contribution >= 0.6 is 0 Å². The van der Waals surface area contributed by atoms with Gasteiger partial charge in [0, 0.05) is 57.6 Å². The van der Waals surface area contributed by atoms with Crippen molar-refractivity contribution in [3.05, 3.63) is 46.5 Å². The monoisotopic (exact) mass is 620 g/mol. The van der Waals surface area contributed by atoms with Gasteiger partial charge in [0.15, 0.2) is 0 Å². The average Bonchev–Trinajstić information content (AvgIpc) is 3.48. The summed E-state index contributed by atoms with van der Waals surface area (Å²) in [4.78, 5) is 51.0. The third kappa shape index (κ3) is 6.68. The summed E-state index contributed by atoms with van der Waals surface area (Å²) in [5, 5.41) is 3.00. The molecule has 11 heteroatoms. The van der Waals surface area contributed by atoms with Crippen LogP contribution in [0.1, 0.15) is 71.4 Å². The highest BCUT2D eigenvalue weighted by atomic mass is 16.6. The molecule has 0 aromatic carbocycles. The normalized spacial score (nSPS) is 21.6. The molecule has 1 N–H and O–H groups in total. The number of amides is 2. The first-order valence-corrected chi connectivity index (χ1v) is 16.6. The SMILES string of the molecule is Cn1c(N2CCCC2)cc(NC(=O)C2(c3ccc(N4CCC[C@@H](N(CC5CCC5)C(=O)OC(C)(C)C)C4)cn3)COC2)cc1=O. The first-order chi connectivity index (χ1) is 21.5. The first-order valence-electron chi connectivity index (χ1n) is 16.6. The van der Waals surface area contributed by atoms with Crippen LogP contribution < -0.4 is 20.7 Å². The molecule has 4 aliphatic rings. The highest BCUT2D eigenvalue weighted by Crippen LogP contribution is 2.35. The quantitative estimate of drug-likeness (QED) is 0.466. The van der Waals surface area contributed by atoms with E-state index in [1.54, 1.807) is 11.6 Å². The van der Waals surface area contributed by atoms with Crippen LogP contribution in [0.4, 0.5) is 22.0 Å². The van der Waals surface area contributed by atoms with Crippen LogP contribution in [0.3, 0.4) is 0 Å². The molecule has 2 aromatic heterocycles. The number of hydrogen-bond donors (Lipinski definition) is 1. The molecule has 2 aromatic rings. The molecule has 1 atom stereocenters. The molecule has 6 rings (SSSR count). The maximum Gasteiger partial charge on any atom is 0.410 e. The minimum absolute atomic E-state index is 0.0649. The molecule has 0 radical (unpaired) electrons. The number of ether oxygens (including phenoxy) is 2. The van der Waals surface area contributed by atoms with Gasteiger partial charge in [-0.15, -0.1) is 0 Å². The maximum atomic E-state index is 13.7. The Balaban J connectivity index is 1.15. The molecule has 4 fully saturated rings. The molecule has 3 saturated heterocycles. The summed E-state index contributed by atoms with van der Waals surface area (Å²) >= 11 is 0. The number of aromatic nitrogens is 2. The highest BCUT2D eigenvalue weighted by Gasteiger charge is 2.49. The highest BCUT2D eigenvalue weighted by molar-refractivity contribution is 6.00. The first kappa shape index (κ1) is 31.4. The number of pyridine rings is 2. The van der Waals surface area contributed by atoms with E-state index in [-0.39, 0.29) is 36.8 Å². The van der Waals surface area contributed by atoms with Crippen LogP contribution in [0.2, 0.25) is 0 Å². The number of anilines is 3. The van der Waals surface area contributed by atoms with Gasteiger partial charge in [-0.1, -0.05) is 6.42 Å². The second kappa shape index (κ2) is 12.7. The molecule has 1 saturated carbocycles. The zero-order valence-corrected chi connectivity index (χ0v) is 27.2. The van der Waals surface area contributed by atoms with Crippen molar-refractivity contribution in [2.24, 2.45) is 13.0 Å². The second-order valence-electron chi connectivity index (χ2n) is 14.3. The Bertz CT molecular complexity index is 1440. The van der Waals surface area contributed by atoms with Gasteiger partial charge < -0.3 is 29.5 Å². The van der Waals surface area contributed by atoms with Gasteiger partial charge in [-0.2, -0.15) is 0 Å². The third-order valence-electron chi connectivity index (χ3n) is 9.81. The van der Waals surface area contributed by atoms with Gasteiger partial charge in [0.2, 0.25) is 5.91 Å². The molecule has 5 heterocycles. The van der Waals surface area contributed by atoms with E-state index < -0.39 is 11.0 Å². The fourth-order valence-electron chi connectivity index (χ4n) is 6.84. The molecule has 2 amide bonds. The number of nitrogens with one attached hydrogen (secondary N) is 1. The molecular formula is C34H48N6O5. The Hall–Kier alpha value is -3.60.